The van der Waals surface area contributed by atoms with E-state index in [-0.39, 0.29) is 5.92 Å². The molecule has 1 aromatic carbocycles. The SMILES string of the molecule is CC1=NC(C)=C(c2cccnc2)C(c2ccccc2I)C1C(=O)O. The van der Waals surface area contributed by atoms with E-state index in [0.717, 1.165) is 26.0 Å². The van der Waals surface area contributed by atoms with Crippen LogP contribution in [0.25, 0.3) is 5.57 Å². The van der Waals surface area contributed by atoms with E-state index in [1.165, 1.54) is 0 Å². The fourth-order valence-corrected chi connectivity index (χ4v) is 4.04. The summed E-state index contributed by atoms with van der Waals surface area (Å²) in [5.74, 6) is -1.81. The summed E-state index contributed by atoms with van der Waals surface area (Å²) in [4.78, 5) is 20.8. The lowest BCUT2D eigenvalue weighted by molar-refractivity contribution is -0.139. The van der Waals surface area contributed by atoms with Crippen LogP contribution in [0, 0.1) is 9.49 Å². The number of rotatable bonds is 3. The number of halogens is 1. The van der Waals surface area contributed by atoms with Gasteiger partial charge in [0.15, 0.2) is 0 Å². The summed E-state index contributed by atoms with van der Waals surface area (Å²) in [6, 6.07) is 11.8. The number of benzene rings is 1. The first-order chi connectivity index (χ1) is 11.5. The van der Waals surface area contributed by atoms with Gasteiger partial charge in [-0.2, -0.15) is 0 Å². The van der Waals surface area contributed by atoms with Crippen molar-refractivity contribution in [2.45, 2.75) is 19.8 Å². The molecule has 5 heteroatoms. The number of allylic oxidation sites excluding steroid dienone is 2. The Labute approximate surface area is 154 Å². The minimum atomic E-state index is -0.852. The summed E-state index contributed by atoms with van der Waals surface area (Å²) in [5, 5.41) is 9.86. The van der Waals surface area contributed by atoms with E-state index in [2.05, 4.69) is 32.6 Å². The normalized spacial score (nSPS) is 20.7. The van der Waals surface area contributed by atoms with Gasteiger partial charge in [0.2, 0.25) is 0 Å². The van der Waals surface area contributed by atoms with Crippen LogP contribution in [-0.4, -0.2) is 21.8 Å². The zero-order chi connectivity index (χ0) is 17.3. The predicted octanol–water partition coefficient (Wildman–Crippen LogP) is 4.38. The van der Waals surface area contributed by atoms with E-state index in [1.54, 1.807) is 19.3 Å². The van der Waals surface area contributed by atoms with E-state index in [1.807, 2.05) is 43.3 Å². The zero-order valence-electron chi connectivity index (χ0n) is 13.4. The Hall–Kier alpha value is -2.02. The Morgan fingerprint density at radius 1 is 1.17 bits per heavy atom. The summed E-state index contributed by atoms with van der Waals surface area (Å²) in [5.41, 5.74) is 4.35. The van der Waals surface area contributed by atoms with Gasteiger partial charge in [0.1, 0.15) is 5.92 Å². The predicted molar refractivity (Wildman–Crippen MR) is 103 cm³/mol. The Bertz CT molecular complexity index is 843. The van der Waals surface area contributed by atoms with Crippen molar-refractivity contribution in [3.63, 3.8) is 0 Å². The summed E-state index contributed by atoms with van der Waals surface area (Å²) in [6.45, 7) is 3.73. The number of carboxylic acids is 1. The first-order valence-corrected chi connectivity index (χ1v) is 8.72. The maximum atomic E-state index is 12.0. The van der Waals surface area contributed by atoms with E-state index < -0.39 is 11.9 Å². The van der Waals surface area contributed by atoms with Crippen molar-refractivity contribution in [1.29, 1.82) is 0 Å². The molecule has 0 saturated heterocycles. The molecule has 0 bridgehead atoms. The molecule has 2 unspecified atom stereocenters. The van der Waals surface area contributed by atoms with Crippen LogP contribution in [0.5, 0.6) is 0 Å². The Morgan fingerprint density at radius 2 is 1.92 bits per heavy atom. The van der Waals surface area contributed by atoms with E-state index in [9.17, 15) is 9.90 Å². The number of aliphatic carboxylic acids is 1. The van der Waals surface area contributed by atoms with Crippen molar-refractivity contribution in [3.8, 4) is 0 Å². The minimum absolute atomic E-state index is 0.280. The van der Waals surface area contributed by atoms with Gasteiger partial charge in [0, 0.05) is 33.3 Å². The average molecular weight is 432 g/mol. The number of nitrogens with zero attached hydrogens (tertiary/aromatic N) is 2. The van der Waals surface area contributed by atoms with Gasteiger partial charge in [-0.05, 0) is 65.3 Å². The van der Waals surface area contributed by atoms with Crippen molar-refractivity contribution in [2.24, 2.45) is 10.9 Å². The van der Waals surface area contributed by atoms with Gasteiger partial charge in [-0.1, -0.05) is 24.3 Å². The molecular formula is C19H17IN2O2. The molecule has 3 rings (SSSR count). The van der Waals surface area contributed by atoms with Crippen molar-refractivity contribution >= 4 is 39.8 Å². The third-order valence-corrected chi connectivity index (χ3v) is 5.29. The number of hydrogen-bond donors (Lipinski definition) is 1. The van der Waals surface area contributed by atoms with Crippen molar-refractivity contribution in [2.75, 3.05) is 0 Å². The molecule has 0 radical (unpaired) electrons. The first-order valence-electron chi connectivity index (χ1n) is 7.64. The van der Waals surface area contributed by atoms with Crippen LogP contribution < -0.4 is 0 Å². The average Bonchev–Trinajstić information content (AvgIpc) is 2.55. The van der Waals surface area contributed by atoms with Gasteiger partial charge in [0.05, 0.1) is 0 Å². The van der Waals surface area contributed by atoms with Crippen LogP contribution in [0.3, 0.4) is 0 Å². The Balaban J connectivity index is 2.28. The molecule has 1 aliphatic heterocycles. The maximum Gasteiger partial charge on any atom is 0.313 e. The second-order valence-electron chi connectivity index (χ2n) is 5.81. The highest BCUT2D eigenvalue weighted by molar-refractivity contribution is 14.1. The fourth-order valence-electron chi connectivity index (χ4n) is 3.32. The molecule has 2 heterocycles. The van der Waals surface area contributed by atoms with Crippen LogP contribution in [0.4, 0.5) is 0 Å². The van der Waals surface area contributed by atoms with Crippen LogP contribution in [0.2, 0.25) is 0 Å². The Kier molecular flexibility index (Phi) is 4.80. The van der Waals surface area contributed by atoms with E-state index >= 15 is 0 Å². The number of pyridine rings is 1. The molecule has 2 atom stereocenters. The van der Waals surface area contributed by atoms with E-state index in [4.69, 9.17) is 0 Å². The molecule has 24 heavy (non-hydrogen) atoms. The van der Waals surface area contributed by atoms with Gasteiger partial charge < -0.3 is 5.11 Å². The Morgan fingerprint density at radius 3 is 2.54 bits per heavy atom. The molecule has 1 N–H and O–H groups in total. The van der Waals surface area contributed by atoms with Gasteiger partial charge >= 0.3 is 5.97 Å². The third-order valence-electron chi connectivity index (χ3n) is 4.31. The van der Waals surface area contributed by atoms with Gasteiger partial charge in [-0.3, -0.25) is 14.8 Å². The number of hydrogen-bond acceptors (Lipinski definition) is 3. The topological polar surface area (TPSA) is 62.5 Å². The number of carbonyl (C=O) groups is 1. The first kappa shape index (κ1) is 16.8. The summed E-state index contributed by atoms with van der Waals surface area (Å²) in [7, 11) is 0. The second-order valence-corrected chi connectivity index (χ2v) is 6.97. The summed E-state index contributed by atoms with van der Waals surface area (Å²) >= 11 is 2.27. The quantitative estimate of drug-likeness (QED) is 0.733. The van der Waals surface area contributed by atoms with Crippen molar-refractivity contribution in [3.05, 3.63) is 69.2 Å². The van der Waals surface area contributed by atoms with Gasteiger partial charge in [-0.15, -0.1) is 0 Å². The van der Waals surface area contributed by atoms with Crippen LogP contribution in [0.15, 0.2) is 59.5 Å². The molecule has 1 aromatic heterocycles. The lowest BCUT2D eigenvalue weighted by atomic mass is 9.74. The highest BCUT2D eigenvalue weighted by Gasteiger charge is 2.39. The van der Waals surface area contributed by atoms with Crippen LogP contribution >= 0.6 is 22.6 Å². The molecule has 1 aliphatic rings. The highest BCUT2D eigenvalue weighted by atomic mass is 127. The van der Waals surface area contributed by atoms with Gasteiger partial charge in [-0.25, -0.2) is 0 Å². The van der Waals surface area contributed by atoms with Crippen molar-refractivity contribution < 1.29 is 9.90 Å². The number of aliphatic imine (C=N–C) groups is 1. The standard InChI is InChI=1S/C19H17IN2O2/c1-11-16(13-6-5-9-21-10-13)18(14-7-3-4-8-15(14)20)17(19(23)24)12(2)22-11/h3-10,17-18H,1-2H3,(H,23,24). The van der Waals surface area contributed by atoms with Crippen molar-refractivity contribution in [1.82, 2.24) is 4.98 Å². The van der Waals surface area contributed by atoms with E-state index in [0.29, 0.717) is 5.71 Å². The molecule has 2 aromatic rings. The third kappa shape index (κ3) is 3.00. The molecule has 0 aliphatic carbocycles. The monoisotopic (exact) mass is 432 g/mol. The molecule has 0 fully saturated rings. The largest absolute Gasteiger partial charge is 0.481 e. The number of carboxylic acid groups (broad SMARTS) is 1. The smallest absolute Gasteiger partial charge is 0.313 e. The van der Waals surface area contributed by atoms with Gasteiger partial charge in [0.25, 0.3) is 0 Å². The fraction of sp³-hybridized carbons (Fsp3) is 0.211. The number of aromatic nitrogens is 1. The maximum absolute atomic E-state index is 12.0. The molecule has 122 valence electrons. The highest BCUT2D eigenvalue weighted by Crippen LogP contribution is 2.45. The lowest BCUT2D eigenvalue weighted by Gasteiger charge is -2.32. The molecule has 0 saturated carbocycles. The van der Waals surface area contributed by atoms with Crippen LogP contribution in [0.1, 0.15) is 30.9 Å². The summed E-state index contributed by atoms with van der Waals surface area (Å²) < 4.78 is 1.05. The summed E-state index contributed by atoms with van der Waals surface area (Å²) in [6.07, 6.45) is 3.49. The lowest BCUT2D eigenvalue weighted by Crippen LogP contribution is -2.32. The molecular weight excluding hydrogens is 415 g/mol. The second kappa shape index (κ2) is 6.84. The molecule has 0 amide bonds. The molecule has 4 nitrogen and oxygen atoms in total. The van der Waals surface area contributed by atoms with Crippen LogP contribution in [-0.2, 0) is 4.79 Å². The molecule has 0 spiro atoms. The zero-order valence-corrected chi connectivity index (χ0v) is 15.6. The minimum Gasteiger partial charge on any atom is -0.481 e.